The third-order valence-electron chi connectivity index (χ3n) is 4.43. The van der Waals surface area contributed by atoms with E-state index in [1.54, 1.807) is 18.5 Å². The van der Waals surface area contributed by atoms with Gasteiger partial charge >= 0.3 is 0 Å². The summed E-state index contributed by atoms with van der Waals surface area (Å²) in [5.74, 6) is 1.06. The summed E-state index contributed by atoms with van der Waals surface area (Å²) in [4.78, 5) is 2.04. The third kappa shape index (κ3) is 3.04. The lowest BCUT2D eigenvalue weighted by molar-refractivity contribution is 0.446. The molecule has 23 heavy (non-hydrogen) atoms. The minimum Gasteiger partial charge on any atom is -0.369 e. The van der Waals surface area contributed by atoms with E-state index in [1.807, 2.05) is 11.0 Å². The van der Waals surface area contributed by atoms with Gasteiger partial charge in [-0.2, -0.15) is 5.26 Å². The summed E-state index contributed by atoms with van der Waals surface area (Å²) in [7, 11) is 0. The molecule has 1 aliphatic heterocycles. The van der Waals surface area contributed by atoms with Gasteiger partial charge in [-0.1, -0.05) is 0 Å². The molecule has 0 unspecified atom stereocenters. The molecule has 1 saturated heterocycles. The first kappa shape index (κ1) is 15.5. The summed E-state index contributed by atoms with van der Waals surface area (Å²) in [6.45, 7) is 5.79. The Hall–Kier alpha value is -2.42. The number of hydrogen-bond donors (Lipinski definition) is 0. The molecule has 0 N–H and O–H groups in total. The SMILES string of the molecule is CC(C)n1cnnc1C1CCN(c2ccc(C#N)cc2F)CC1. The molecular weight excluding hydrogens is 293 g/mol. The van der Waals surface area contributed by atoms with E-state index in [2.05, 4.69) is 28.6 Å². The normalized spacial score (nSPS) is 15.9. The zero-order valence-corrected chi connectivity index (χ0v) is 13.4. The van der Waals surface area contributed by atoms with Gasteiger partial charge in [-0.3, -0.25) is 0 Å². The summed E-state index contributed by atoms with van der Waals surface area (Å²) in [5.41, 5.74) is 0.930. The number of aromatic nitrogens is 3. The van der Waals surface area contributed by atoms with Gasteiger partial charge in [0.25, 0.3) is 0 Å². The largest absolute Gasteiger partial charge is 0.369 e. The lowest BCUT2D eigenvalue weighted by Crippen LogP contribution is -2.34. The standard InChI is InChI=1S/C17H20FN5/c1-12(2)23-11-20-21-17(23)14-5-7-22(8-6-14)16-4-3-13(10-19)9-15(16)18/h3-4,9,11-12,14H,5-8H2,1-2H3. The zero-order chi connectivity index (χ0) is 16.4. The molecule has 6 heteroatoms. The van der Waals surface area contributed by atoms with Crippen LogP contribution in [0.15, 0.2) is 24.5 Å². The quantitative estimate of drug-likeness (QED) is 0.873. The van der Waals surface area contributed by atoms with Gasteiger partial charge in [-0.25, -0.2) is 4.39 Å². The second kappa shape index (κ2) is 6.37. The Labute approximate surface area is 135 Å². The fourth-order valence-corrected chi connectivity index (χ4v) is 3.15. The maximum absolute atomic E-state index is 14.1. The van der Waals surface area contributed by atoms with E-state index < -0.39 is 0 Å². The summed E-state index contributed by atoms with van der Waals surface area (Å²) in [5, 5.41) is 17.2. The van der Waals surface area contributed by atoms with Crippen molar-refractivity contribution in [3.63, 3.8) is 0 Å². The van der Waals surface area contributed by atoms with E-state index in [9.17, 15) is 4.39 Å². The molecule has 0 radical (unpaired) electrons. The number of hydrogen-bond acceptors (Lipinski definition) is 4. The highest BCUT2D eigenvalue weighted by Crippen LogP contribution is 2.31. The van der Waals surface area contributed by atoms with Crippen LogP contribution in [0.5, 0.6) is 0 Å². The zero-order valence-electron chi connectivity index (χ0n) is 13.4. The highest BCUT2D eigenvalue weighted by molar-refractivity contribution is 5.51. The number of benzene rings is 1. The van der Waals surface area contributed by atoms with E-state index in [-0.39, 0.29) is 5.82 Å². The highest BCUT2D eigenvalue weighted by atomic mass is 19.1. The Morgan fingerprint density at radius 3 is 2.65 bits per heavy atom. The van der Waals surface area contributed by atoms with Crippen molar-refractivity contribution in [3.8, 4) is 6.07 Å². The number of anilines is 1. The van der Waals surface area contributed by atoms with Crippen LogP contribution >= 0.6 is 0 Å². The monoisotopic (exact) mass is 313 g/mol. The fourth-order valence-electron chi connectivity index (χ4n) is 3.15. The van der Waals surface area contributed by atoms with Crippen molar-refractivity contribution in [1.82, 2.24) is 14.8 Å². The van der Waals surface area contributed by atoms with Crippen LogP contribution in [0.4, 0.5) is 10.1 Å². The second-order valence-electron chi connectivity index (χ2n) is 6.23. The maximum Gasteiger partial charge on any atom is 0.147 e. The van der Waals surface area contributed by atoms with Crippen LogP contribution < -0.4 is 4.90 Å². The Kier molecular flexibility index (Phi) is 4.28. The molecule has 1 aliphatic rings. The molecule has 1 aromatic heterocycles. The fraction of sp³-hybridized carbons (Fsp3) is 0.471. The van der Waals surface area contributed by atoms with Crippen molar-refractivity contribution >= 4 is 5.69 Å². The maximum atomic E-state index is 14.1. The van der Waals surface area contributed by atoms with E-state index >= 15 is 0 Å². The number of rotatable bonds is 3. The summed E-state index contributed by atoms with van der Waals surface area (Å²) >= 11 is 0. The molecule has 0 aliphatic carbocycles. The molecule has 5 nitrogen and oxygen atoms in total. The van der Waals surface area contributed by atoms with Crippen LogP contribution in [-0.2, 0) is 0 Å². The van der Waals surface area contributed by atoms with Crippen molar-refractivity contribution in [2.24, 2.45) is 0 Å². The Morgan fingerprint density at radius 1 is 1.30 bits per heavy atom. The van der Waals surface area contributed by atoms with Crippen molar-refractivity contribution in [1.29, 1.82) is 5.26 Å². The topological polar surface area (TPSA) is 57.7 Å². The Bertz CT molecular complexity index is 723. The summed E-state index contributed by atoms with van der Waals surface area (Å²) in [6.07, 6.45) is 3.63. The lowest BCUT2D eigenvalue weighted by Gasteiger charge is -2.33. The minimum absolute atomic E-state index is 0.326. The smallest absolute Gasteiger partial charge is 0.147 e. The van der Waals surface area contributed by atoms with E-state index in [1.165, 1.54) is 6.07 Å². The average Bonchev–Trinajstić information content (AvgIpc) is 3.05. The van der Waals surface area contributed by atoms with Crippen LogP contribution in [0.25, 0.3) is 0 Å². The first-order chi connectivity index (χ1) is 11.1. The number of piperidine rings is 1. The molecule has 3 rings (SSSR count). The Balaban J connectivity index is 1.71. The number of nitriles is 1. The first-order valence-corrected chi connectivity index (χ1v) is 7.94. The van der Waals surface area contributed by atoms with Gasteiger partial charge in [0.15, 0.2) is 0 Å². The van der Waals surface area contributed by atoms with Crippen molar-refractivity contribution in [2.45, 2.75) is 38.6 Å². The van der Waals surface area contributed by atoms with Crippen molar-refractivity contribution in [2.75, 3.05) is 18.0 Å². The molecule has 0 spiro atoms. The van der Waals surface area contributed by atoms with Crippen LogP contribution in [0.1, 0.15) is 50.0 Å². The molecular formula is C17H20FN5. The Morgan fingerprint density at radius 2 is 2.04 bits per heavy atom. The predicted molar refractivity (Wildman–Crippen MR) is 85.7 cm³/mol. The summed E-state index contributed by atoms with van der Waals surface area (Å²) in [6, 6.07) is 6.97. The van der Waals surface area contributed by atoms with Gasteiger partial charge in [0.2, 0.25) is 0 Å². The molecule has 0 saturated carbocycles. The molecule has 120 valence electrons. The van der Waals surface area contributed by atoms with Crippen LogP contribution in [0, 0.1) is 17.1 Å². The number of halogens is 1. The highest BCUT2D eigenvalue weighted by Gasteiger charge is 2.26. The number of nitrogens with zero attached hydrogens (tertiary/aromatic N) is 5. The van der Waals surface area contributed by atoms with Gasteiger partial charge in [-0.15, -0.1) is 10.2 Å². The minimum atomic E-state index is -0.326. The average molecular weight is 313 g/mol. The van der Waals surface area contributed by atoms with Crippen LogP contribution in [-0.4, -0.2) is 27.9 Å². The van der Waals surface area contributed by atoms with Gasteiger partial charge in [0.05, 0.1) is 17.3 Å². The van der Waals surface area contributed by atoms with E-state index in [4.69, 9.17) is 5.26 Å². The molecule has 2 aromatic rings. The van der Waals surface area contributed by atoms with Gasteiger partial charge < -0.3 is 9.47 Å². The predicted octanol–water partition coefficient (Wildman–Crippen LogP) is 3.25. The molecule has 0 bridgehead atoms. The van der Waals surface area contributed by atoms with E-state index in [0.29, 0.717) is 23.2 Å². The first-order valence-electron chi connectivity index (χ1n) is 7.94. The van der Waals surface area contributed by atoms with Crippen LogP contribution in [0.3, 0.4) is 0 Å². The van der Waals surface area contributed by atoms with Gasteiger partial charge in [0.1, 0.15) is 18.0 Å². The van der Waals surface area contributed by atoms with E-state index in [0.717, 1.165) is 31.8 Å². The van der Waals surface area contributed by atoms with Crippen molar-refractivity contribution in [3.05, 3.63) is 41.7 Å². The molecule has 2 heterocycles. The molecule has 1 aromatic carbocycles. The molecule has 0 atom stereocenters. The van der Waals surface area contributed by atoms with Crippen molar-refractivity contribution < 1.29 is 4.39 Å². The summed E-state index contributed by atoms with van der Waals surface area (Å²) < 4.78 is 16.3. The van der Waals surface area contributed by atoms with Gasteiger partial charge in [0, 0.05) is 25.0 Å². The van der Waals surface area contributed by atoms with Crippen LogP contribution in [0.2, 0.25) is 0 Å². The van der Waals surface area contributed by atoms with Gasteiger partial charge in [-0.05, 0) is 44.9 Å². The molecule has 1 fully saturated rings. The molecule has 0 amide bonds. The lowest BCUT2D eigenvalue weighted by atomic mass is 9.95. The third-order valence-corrected chi connectivity index (χ3v) is 4.43. The second-order valence-corrected chi connectivity index (χ2v) is 6.23.